The highest BCUT2D eigenvalue weighted by molar-refractivity contribution is 5.91. The fourth-order valence-electron chi connectivity index (χ4n) is 1.81. The number of rotatable bonds is 6. The number of carboxylic acids is 1. The summed E-state index contributed by atoms with van der Waals surface area (Å²) in [6.45, 7) is 6.30. The molecule has 0 heterocycles. The van der Waals surface area contributed by atoms with Gasteiger partial charge in [0.1, 0.15) is 17.1 Å². The van der Waals surface area contributed by atoms with Gasteiger partial charge in [0.15, 0.2) is 6.10 Å². The Bertz CT molecular complexity index is 500. The van der Waals surface area contributed by atoms with Crippen LogP contribution in [0, 0.1) is 5.82 Å². The van der Waals surface area contributed by atoms with Crippen LogP contribution in [-0.2, 0) is 4.79 Å². The third kappa shape index (κ3) is 3.69. The van der Waals surface area contributed by atoms with Gasteiger partial charge < -0.3 is 14.7 Å². The van der Waals surface area contributed by atoms with Crippen molar-refractivity contribution >= 4 is 11.9 Å². The number of hydrogen-bond acceptors (Lipinski definition) is 3. The second-order valence-corrected chi connectivity index (χ2v) is 4.22. The number of carboxylic acid groups (broad SMARTS) is 1. The Balaban J connectivity index is 2.93. The van der Waals surface area contributed by atoms with E-state index in [0.29, 0.717) is 13.1 Å². The fraction of sp³-hybridized carbons (Fsp3) is 0.429. The van der Waals surface area contributed by atoms with Crippen molar-refractivity contribution in [1.82, 2.24) is 4.90 Å². The lowest BCUT2D eigenvalue weighted by atomic mass is 10.2. The van der Waals surface area contributed by atoms with E-state index in [1.165, 1.54) is 13.0 Å². The first-order valence-corrected chi connectivity index (χ1v) is 6.38. The van der Waals surface area contributed by atoms with E-state index < -0.39 is 17.9 Å². The molecule has 0 aliphatic carbocycles. The first-order valence-electron chi connectivity index (χ1n) is 6.38. The van der Waals surface area contributed by atoms with Crippen molar-refractivity contribution in [3.05, 3.63) is 29.6 Å². The quantitative estimate of drug-likeness (QED) is 0.868. The predicted molar refractivity (Wildman–Crippen MR) is 71.4 cm³/mol. The number of hydrogen-bond donors (Lipinski definition) is 1. The number of benzene rings is 1. The van der Waals surface area contributed by atoms with E-state index in [1.54, 1.807) is 4.90 Å². The lowest BCUT2D eigenvalue weighted by Crippen LogP contribution is -2.40. The summed E-state index contributed by atoms with van der Waals surface area (Å²) in [6, 6.07) is 3.17. The van der Waals surface area contributed by atoms with Gasteiger partial charge in [0.25, 0.3) is 5.91 Å². The minimum Gasteiger partial charge on any atom is -0.480 e. The van der Waals surface area contributed by atoms with Gasteiger partial charge in [-0.1, -0.05) is 0 Å². The molecule has 1 N–H and O–H groups in total. The molecule has 1 atom stereocenters. The van der Waals surface area contributed by atoms with Crippen LogP contribution in [0.25, 0.3) is 0 Å². The average molecular weight is 283 g/mol. The summed E-state index contributed by atoms with van der Waals surface area (Å²) in [4.78, 5) is 24.6. The van der Waals surface area contributed by atoms with Crippen molar-refractivity contribution in [1.29, 1.82) is 0 Å². The Morgan fingerprint density at radius 3 is 2.45 bits per heavy atom. The first kappa shape index (κ1) is 15.9. The summed E-state index contributed by atoms with van der Waals surface area (Å²) in [5.74, 6) is -2.23. The molecule has 5 nitrogen and oxygen atoms in total. The van der Waals surface area contributed by atoms with Crippen molar-refractivity contribution in [2.75, 3.05) is 13.1 Å². The lowest BCUT2D eigenvalue weighted by Gasteiger charge is -2.23. The molecule has 1 amide bonds. The van der Waals surface area contributed by atoms with Crippen molar-refractivity contribution in [3.63, 3.8) is 0 Å². The van der Waals surface area contributed by atoms with Crippen LogP contribution in [0.15, 0.2) is 18.2 Å². The Morgan fingerprint density at radius 1 is 1.35 bits per heavy atom. The third-order valence-electron chi connectivity index (χ3n) is 2.90. The predicted octanol–water partition coefficient (Wildman–Crippen LogP) is 2.16. The summed E-state index contributed by atoms with van der Waals surface area (Å²) in [5, 5.41) is 9.00. The molecular formula is C14H18FNO4. The molecule has 0 aliphatic rings. The van der Waals surface area contributed by atoms with Gasteiger partial charge >= 0.3 is 5.97 Å². The molecule has 0 radical (unpaired) electrons. The molecule has 0 bridgehead atoms. The van der Waals surface area contributed by atoms with Gasteiger partial charge in [-0.05, 0) is 39.0 Å². The second-order valence-electron chi connectivity index (χ2n) is 4.22. The van der Waals surface area contributed by atoms with Crippen molar-refractivity contribution in [2.24, 2.45) is 0 Å². The van der Waals surface area contributed by atoms with Crippen LogP contribution in [0.1, 0.15) is 31.1 Å². The fourth-order valence-corrected chi connectivity index (χ4v) is 1.81. The van der Waals surface area contributed by atoms with E-state index in [9.17, 15) is 14.0 Å². The molecule has 0 aliphatic heterocycles. The normalized spacial score (nSPS) is 11.8. The molecule has 1 unspecified atom stereocenters. The highest BCUT2D eigenvalue weighted by Crippen LogP contribution is 2.21. The highest BCUT2D eigenvalue weighted by atomic mass is 19.1. The van der Waals surface area contributed by atoms with Gasteiger partial charge in [-0.2, -0.15) is 0 Å². The Morgan fingerprint density at radius 2 is 1.95 bits per heavy atom. The van der Waals surface area contributed by atoms with Crippen LogP contribution in [-0.4, -0.2) is 41.1 Å². The zero-order valence-corrected chi connectivity index (χ0v) is 11.7. The van der Waals surface area contributed by atoms with Gasteiger partial charge in [0, 0.05) is 13.1 Å². The van der Waals surface area contributed by atoms with E-state index in [2.05, 4.69) is 0 Å². The van der Waals surface area contributed by atoms with Gasteiger partial charge in [-0.25, -0.2) is 9.18 Å². The van der Waals surface area contributed by atoms with E-state index in [-0.39, 0.29) is 17.2 Å². The SMILES string of the molecule is CCN(CC)C(=O)C(C)Oc1ccc(F)cc1C(=O)O. The summed E-state index contributed by atoms with van der Waals surface area (Å²) in [6.07, 6.45) is -0.835. The van der Waals surface area contributed by atoms with E-state index in [0.717, 1.165) is 12.1 Å². The van der Waals surface area contributed by atoms with Crippen molar-refractivity contribution < 1.29 is 23.8 Å². The zero-order valence-electron chi connectivity index (χ0n) is 11.7. The van der Waals surface area contributed by atoms with E-state index in [4.69, 9.17) is 9.84 Å². The maximum absolute atomic E-state index is 13.0. The number of carbonyl (C=O) groups excluding carboxylic acids is 1. The number of nitrogens with zero attached hydrogens (tertiary/aromatic N) is 1. The first-order chi connectivity index (χ1) is 9.40. The van der Waals surface area contributed by atoms with Gasteiger partial charge in [0.2, 0.25) is 0 Å². The maximum atomic E-state index is 13.0. The molecule has 0 aromatic heterocycles. The van der Waals surface area contributed by atoms with Gasteiger partial charge in [0.05, 0.1) is 0 Å². The molecule has 110 valence electrons. The maximum Gasteiger partial charge on any atom is 0.339 e. The lowest BCUT2D eigenvalue weighted by molar-refractivity contribution is -0.137. The molecule has 1 aromatic rings. The summed E-state index contributed by atoms with van der Waals surface area (Å²) in [7, 11) is 0. The molecule has 6 heteroatoms. The van der Waals surface area contributed by atoms with Crippen LogP contribution in [0.5, 0.6) is 5.75 Å². The van der Waals surface area contributed by atoms with Crippen molar-refractivity contribution in [3.8, 4) is 5.75 Å². The standard InChI is InChI=1S/C14H18FNO4/c1-4-16(5-2)13(17)9(3)20-12-7-6-10(15)8-11(12)14(18)19/h6-9H,4-5H2,1-3H3,(H,18,19). The number of aromatic carboxylic acids is 1. The second kappa shape index (κ2) is 6.88. The van der Waals surface area contributed by atoms with Crippen LogP contribution < -0.4 is 4.74 Å². The van der Waals surface area contributed by atoms with Crippen LogP contribution >= 0.6 is 0 Å². The number of amides is 1. The minimum atomic E-state index is -1.30. The van der Waals surface area contributed by atoms with Crippen molar-refractivity contribution in [2.45, 2.75) is 26.9 Å². The van der Waals surface area contributed by atoms with E-state index in [1.807, 2.05) is 13.8 Å². The number of likely N-dealkylation sites (N-methyl/N-ethyl adjacent to an activating group) is 1. The van der Waals surface area contributed by atoms with Crippen LogP contribution in [0.3, 0.4) is 0 Å². The number of carbonyl (C=O) groups is 2. The van der Waals surface area contributed by atoms with Gasteiger partial charge in [-0.3, -0.25) is 4.79 Å². The molecule has 0 saturated heterocycles. The molecular weight excluding hydrogens is 265 g/mol. The smallest absolute Gasteiger partial charge is 0.339 e. The zero-order chi connectivity index (χ0) is 15.3. The molecule has 0 spiro atoms. The number of halogens is 1. The topological polar surface area (TPSA) is 66.8 Å². The van der Waals surface area contributed by atoms with Gasteiger partial charge in [-0.15, -0.1) is 0 Å². The van der Waals surface area contributed by atoms with Crippen LogP contribution in [0.4, 0.5) is 4.39 Å². The average Bonchev–Trinajstić information content (AvgIpc) is 2.41. The Labute approximate surface area is 117 Å². The monoisotopic (exact) mass is 283 g/mol. The molecule has 20 heavy (non-hydrogen) atoms. The number of ether oxygens (including phenoxy) is 1. The largest absolute Gasteiger partial charge is 0.480 e. The minimum absolute atomic E-state index is 0.0214. The molecule has 1 rings (SSSR count). The summed E-state index contributed by atoms with van der Waals surface area (Å²) >= 11 is 0. The molecule has 0 saturated carbocycles. The van der Waals surface area contributed by atoms with E-state index >= 15 is 0 Å². The molecule has 1 aromatic carbocycles. The Kier molecular flexibility index (Phi) is 5.49. The Hall–Kier alpha value is -2.11. The van der Waals surface area contributed by atoms with Crippen LogP contribution in [0.2, 0.25) is 0 Å². The summed E-state index contributed by atoms with van der Waals surface area (Å²) in [5.41, 5.74) is -0.302. The summed E-state index contributed by atoms with van der Waals surface area (Å²) < 4.78 is 18.4. The molecule has 0 fully saturated rings. The third-order valence-corrected chi connectivity index (χ3v) is 2.90. The highest BCUT2D eigenvalue weighted by Gasteiger charge is 2.22.